The molecular formula is C15H21NO. The van der Waals surface area contributed by atoms with Crippen LogP contribution in [0.5, 0.6) is 0 Å². The summed E-state index contributed by atoms with van der Waals surface area (Å²) in [5.74, 6) is 1.14. The van der Waals surface area contributed by atoms with Crippen molar-refractivity contribution in [2.45, 2.75) is 19.3 Å². The second-order valence-electron chi connectivity index (χ2n) is 4.92. The Kier molecular flexibility index (Phi) is 3.85. The molecule has 1 N–H and O–H groups in total. The first-order chi connectivity index (χ1) is 8.16. The van der Waals surface area contributed by atoms with E-state index in [9.17, 15) is 0 Å². The highest BCUT2D eigenvalue weighted by molar-refractivity contribution is 5.28. The van der Waals surface area contributed by atoms with Crippen LogP contribution in [0.25, 0.3) is 0 Å². The summed E-state index contributed by atoms with van der Waals surface area (Å²) in [6.07, 6.45) is 7.62. The van der Waals surface area contributed by atoms with Crippen molar-refractivity contribution in [3.8, 4) is 0 Å². The van der Waals surface area contributed by atoms with E-state index < -0.39 is 0 Å². The van der Waals surface area contributed by atoms with E-state index in [1.165, 1.54) is 12.8 Å². The molecule has 0 aromatic heterocycles. The molecule has 0 amide bonds. The smallest absolute Gasteiger partial charge is 0.0535 e. The van der Waals surface area contributed by atoms with Gasteiger partial charge in [-0.15, -0.1) is 0 Å². The second-order valence-corrected chi connectivity index (χ2v) is 4.92. The van der Waals surface area contributed by atoms with Crippen molar-refractivity contribution >= 4 is 0 Å². The van der Waals surface area contributed by atoms with E-state index in [0.717, 1.165) is 36.6 Å². The largest absolute Gasteiger partial charge is 0.381 e. The van der Waals surface area contributed by atoms with E-state index in [1.807, 2.05) is 12.2 Å². The molecule has 17 heavy (non-hydrogen) atoms. The topological polar surface area (TPSA) is 21.3 Å². The molecule has 0 spiro atoms. The fourth-order valence-electron chi connectivity index (χ4n) is 1.95. The Balaban J connectivity index is 1.76. The normalized spacial score (nSPS) is 23.9. The molecule has 2 heteroatoms. The van der Waals surface area contributed by atoms with E-state index in [4.69, 9.17) is 4.74 Å². The molecule has 2 fully saturated rings. The molecule has 92 valence electrons. The zero-order chi connectivity index (χ0) is 12.3. The molecule has 2 rings (SSSR count). The van der Waals surface area contributed by atoms with E-state index >= 15 is 0 Å². The zero-order valence-corrected chi connectivity index (χ0v) is 10.4. The average Bonchev–Trinajstić information content (AvgIpc) is 3.02. The quantitative estimate of drug-likeness (QED) is 0.709. The highest BCUT2D eigenvalue weighted by Gasteiger charge is 2.24. The average molecular weight is 231 g/mol. The molecule has 0 radical (unpaired) electrons. The molecule has 0 bridgehead atoms. The van der Waals surface area contributed by atoms with Gasteiger partial charge in [0.25, 0.3) is 0 Å². The van der Waals surface area contributed by atoms with Crippen molar-refractivity contribution in [3.05, 3.63) is 48.9 Å². The molecule has 2 nitrogen and oxygen atoms in total. The number of ether oxygens (including phenoxy) is 1. The summed E-state index contributed by atoms with van der Waals surface area (Å²) >= 11 is 0. The van der Waals surface area contributed by atoms with E-state index in [0.29, 0.717) is 11.8 Å². The molecule has 0 aromatic rings. The van der Waals surface area contributed by atoms with Crippen LogP contribution in [0.1, 0.15) is 19.3 Å². The van der Waals surface area contributed by atoms with E-state index in [1.54, 1.807) is 0 Å². The summed E-state index contributed by atoms with van der Waals surface area (Å²) < 4.78 is 5.34. The summed E-state index contributed by atoms with van der Waals surface area (Å²) in [6.45, 7) is 13.7. The van der Waals surface area contributed by atoms with Gasteiger partial charge in [-0.05, 0) is 36.8 Å². The first-order valence-electron chi connectivity index (χ1n) is 6.26. The number of rotatable bonds is 6. The standard InChI is InChI=1S/C15H21NO/c1-11(15-8-9-17-10-15)4-5-12(2)16-13(3)14-6-7-14/h4-5,14-16H,1-3,6-10H2/b5-4-. The molecule has 1 atom stereocenters. The van der Waals surface area contributed by atoms with Gasteiger partial charge in [-0.1, -0.05) is 25.8 Å². The van der Waals surface area contributed by atoms with Crippen LogP contribution in [0, 0.1) is 11.8 Å². The third-order valence-electron chi connectivity index (χ3n) is 3.34. The van der Waals surface area contributed by atoms with Crippen molar-refractivity contribution in [3.63, 3.8) is 0 Å². The molecule has 1 saturated heterocycles. The molecule has 1 heterocycles. The van der Waals surface area contributed by atoms with Crippen LogP contribution in [-0.2, 0) is 4.74 Å². The van der Waals surface area contributed by atoms with Gasteiger partial charge < -0.3 is 10.1 Å². The van der Waals surface area contributed by atoms with E-state index in [2.05, 4.69) is 25.1 Å². The SMILES string of the molecule is C=C(/C=C\C(=C)C1CCOC1)NC(=C)C1CC1. The third kappa shape index (κ3) is 3.60. The molecule has 0 aromatic carbocycles. The Hall–Kier alpha value is -1.28. The molecule has 2 aliphatic rings. The van der Waals surface area contributed by atoms with Crippen LogP contribution in [0.4, 0.5) is 0 Å². The molecule has 1 aliphatic heterocycles. The van der Waals surface area contributed by atoms with Crippen molar-refractivity contribution in [1.29, 1.82) is 0 Å². The lowest BCUT2D eigenvalue weighted by molar-refractivity contribution is 0.190. The van der Waals surface area contributed by atoms with Gasteiger partial charge in [-0.3, -0.25) is 0 Å². The number of hydrogen-bond donors (Lipinski definition) is 1. The molecule has 1 aliphatic carbocycles. The lowest BCUT2D eigenvalue weighted by Crippen LogP contribution is -2.10. The first-order valence-corrected chi connectivity index (χ1v) is 6.26. The fourth-order valence-corrected chi connectivity index (χ4v) is 1.95. The Morgan fingerprint density at radius 3 is 2.41 bits per heavy atom. The van der Waals surface area contributed by atoms with Crippen LogP contribution in [0.15, 0.2) is 48.9 Å². The Morgan fingerprint density at radius 1 is 1.06 bits per heavy atom. The Labute approximate surface area is 104 Å². The number of allylic oxidation sites excluding steroid dienone is 3. The summed E-state index contributed by atoms with van der Waals surface area (Å²) in [5, 5.41) is 3.24. The van der Waals surface area contributed by atoms with Gasteiger partial charge in [0.1, 0.15) is 0 Å². The van der Waals surface area contributed by atoms with Crippen LogP contribution in [0.3, 0.4) is 0 Å². The predicted molar refractivity (Wildman–Crippen MR) is 71.3 cm³/mol. The van der Waals surface area contributed by atoms with Crippen molar-refractivity contribution in [1.82, 2.24) is 5.32 Å². The summed E-state index contributed by atoms with van der Waals surface area (Å²) in [4.78, 5) is 0. The first kappa shape index (κ1) is 12.2. The third-order valence-corrected chi connectivity index (χ3v) is 3.34. The van der Waals surface area contributed by atoms with Gasteiger partial charge in [0.05, 0.1) is 6.61 Å². The van der Waals surface area contributed by atoms with Gasteiger partial charge in [-0.25, -0.2) is 0 Å². The van der Waals surface area contributed by atoms with Gasteiger partial charge >= 0.3 is 0 Å². The van der Waals surface area contributed by atoms with Gasteiger partial charge in [0.2, 0.25) is 0 Å². The van der Waals surface area contributed by atoms with Crippen LogP contribution in [0.2, 0.25) is 0 Å². The minimum absolute atomic E-state index is 0.477. The summed E-state index contributed by atoms with van der Waals surface area (Å²) in [5.41, 5.74) is 3.11. The van der Waals surface area contributed by atoms with E-state index in [-0.39, 0.29) is 0 Å². The van der Waals surface area contributed by atoms with Crippen molar-refractivity contribution < 1.29 is 4.74 Å². The highest BCUT2D eigenvalue weighted by atomic mass is 16.5. The second kappa shape index (κ2) is 5.37. The van der Waals surface area contributed by atoms with Gasteiger partial charge in [-0.2, -0.15) is 0 Å². The zero-order valence-electron chi connectivity index (χ0n) is 10.4. The minimum Gasteiger partial charge on any atom is -0.381 e. The maximum Gasteiger partial charge on any atom is 0.0535 e. The maximum absolute atomic E-state index is 5.34. The molecular weight excluding hydrogens is 210 g/mol. The van der Waals surface area contributed by atoms with Crippen molar-refractivity contribution in [2.24, 2.45) is 11.8 Å². The highest BCUT2D eigenvalue weighted by Crippen LogP contribution is 2.34. The maximum atomic E-state index is 5.34. The number of hydrogen-bond acceptors (Lipinski definition) is 2. The lowest BCUT2D eigenvalue weighted by atomic mass is 9.99. The van der Waals surface area contributed by atoms with Crippen LogP contribution < -0.4 is 5.32 Å². The van der Waals surface area contributed by atoms with Gasteiger partial charge in [0.15, 0.2) is 0 Å². The number of nitrogens with one attached hydrogen (secondary N) is 1. The molecule has 1 saturated carbocycles. The summed E-state index contributed by atoms with van der Waals surface area (Å²) in [6, 6.07) is 0. The predicted octanol–water partition coefficient (Wildman–Crippen LogP) is 3.16. The summed E-state index contributed by atoms with van der Waals surface area (Å²) in [7, 11) is 0. The minimum atomic E-state index is 0.477. The van der Waals surface area contributed by atoms with Gasteiger partial charge in [0, 0.05) is 23.9 Å². The van der Waals surface area contributed by atoms with Crippen LogP contribution in [-0.4, -0.2) is 13.2 Å². The fraction of sp³-hybridized carbons (Fsp3) is 0.467. The Bertz CT molecular complexity index is 357. The Morgan fingerprint density at radius 2 is 1.82 bits per heavy atom. The van der Waals surface area contributed by atoms with Crippen LogP contribution >= 0.6 is 0 Å². The lowest BCUT2D eigenvalue weighted by Gasteiger charge is -2.09. The molecule has 1 unspecified atom stereocenters. The van der Waals surface area contributed by atoms with Crippen molar-refractivity contribution in [2.75, 3.05) is 13.2 Å². The monoisotopic (exact) mass is 231 g/mol.